The summed E-state index contributed by atoms with van der Waals surface area (Å²) in [6, 6.07) is 7.56. The Morgan fingerprint density at radius 2 is 1.50 bits per heavy atom. The van der Waals surface area contributed by atoms with Crippen molar-refractivity contribution in [3.05, 3.63) is 35.4 Å². The molecule has 0 bridgehead atoms. The van der Waals surface area contributed by atoms with Gasteiger partial charge in [-0.1, -0.05) is 31.2 Å². The van der Waals surface area contributed by atoms with Gasteiger partial charge in [0.1, 0.15) is 11.6 Å². The molecule has 4 heteroatoms. The van der Waals surface area contributed by atoms with E-state index in [0.29, 0.717) is 12.8 Å². The number of carbonyl (C=O) groups is 3. The fraction of sp³-hybridized carbons (Fsp3) is 0.444. The lowest BCUT2D eigenvalue weighted by Crippen LogP contribution is -2.07. The molecule has 1 unspecified atom stereocenters. The van der Waals surface area contributed by atoms with Gasteiger partial charge in [0, 0.05) is 17.9 Å². The maximum absolute atomic E-state index is 11.1. The Kier molecular flexibility index (Phi) is 9.44. The van der Waals surface area contributed by atoms with Crippen molar-refractivity contribution >= 4 is 31.5 Å². The van der Waals surface area contributed by atoms with E-state index in [0.717, 1.165) is 16.4 Å². The maximum atomic E-state index is 11.1. The number of benzene rings is 1. The highest BCUT2D eigenvalue weighted by Gasteiger charge is 2.07. The third kappa shape index (κ3) is 7.99. The summed E-state index contributed by atoms with van der Waals surface area (Å²) in [6.07, 6.45) is 1.23. The summed E-state index contributed by atoms with van der Waals surface area (Å²) in [5.41, 5.74) is 1.74. The van der Waals surface area contributed by atoms with E-state index >= 15 is 0 Å². The van der Waals surface area contributed by atoms with E-state index in [2.05, 4.69) is 8.86 Å². The van der Waals surface area contributed by atoms with Crippen LogP contribution in [0, 0.1) is 5.92 Å². The lowest BCUT2D eigenvalue weighted by atomic mass is 10.0. The summed E-state index contributed by atoms with van der Waals surface area (Å²) < 4.78 is 0. The van der Waals surface area contributed by atoms with Crippen LogP contribution in [-0.4, -0.2) is 22.6 Å². The number of hydrogen-bond donors (Lipinski definition) is 0. The van der Waals surface area contributed by atoms with Crippen LogP contribution < -0.4 is 0 Å². The molecule has 3 nitrogen and oxygen atoms in total. The molecule has 0 amide bonds. The number of carbonyl (C=O) groups excluding carboxylic acids is 3. The van der Waals surface area contributed by atoms with E-state index in [4.69, 9.17) is 0 Å². The topological polar surface area (TPSA) is 51.2 Å². The van der Waals surface area contributed by atoms with E-state index in [1.807, 2.05) is 38.1 Å². The molecule has 1 aromatic carbocycles. The molecular formula is C18H25O3P. The molecule has 120 valence electrons. The standard InChI is InChI=1S/C10H11OP.C8H14O2/c1-7(11)9-5-3-4-6-10(9)8(2)12;1-6(8(3)10)4-5-7(2)9/h3-6,12H,1-2H3;6H,4-5H2,1-3H3. The lowest BCUT2D eigenvalue weighted by Gasteiger charge is -2.03. The van der Waals surface area contributed by atoms with E-state index in [1.54, 1.807) is 20.8 Å². The predicted molar refractivity (Wildman–Crippen MR) is 94.3 cm³/mol. The van der Waals surface area contributed by atoms with Gasteiger partial charge in [0.2, 0.25) is 0 Å². The van der Waals surface area contributed by atoms with Gasteiger partial charge in [-0.15, -0.1) is 8.86 Å². The zero-order valence-corrected chi connectivity index (χ0v) is 15.0. The molecule has 0 N–H and O–H groups in total. The highest BCUT2D eigenvalue weighted by molar-refractivity contribution is 7.22. The van der Waals surface area contributed by atoms with Gasteiger partial charge < -0.3 is 4.79 Å². The summed E-state index contributed by atoms with van der Waals surface area (Å²) in [4.78, 5) is 32.2. The van der Waals surface area contributed by atoms with Crippen LogP contribution in [0.3, 0.4) is 0 Å². The van der Waals surface area contributed by atoms with E-state index < -0.39 is 0 Å². The van der Waals surface area contributed by atoms with Crippen molar-refractivity contribution < 1.29 is 14.4 Å². The third-order valence-corrected chi connectivity index (χ3v) is 3.60. The van der Waals surface area contributed by atoms with Crippen molar-refractivity contribution in [2.24, 2.45) is 5.92 Å². The van der Waals surface area contributed by atoms with Gasteiger partial charge >= 0.3 is 0 Å². The number of Topliss-reactive ketones (excluding diaryl/α,β-unsaturated/α-hetero) is 3. The third-order valence-electron chi connectivity index (χ3n) is 3.33. The minimum Gasteiger partial charge on any atom is -0.300 e. The van der Waals surface area contributed by atoms with Crippen molar-refractivity contribution in [3.8, 4) is 0 Å². The van der Waals surface area contributed by atoms with Crippen LogP contribution in [0.1, 0.15) is 63.4 Å². The fourth-order valence-electron chi connectivity index (χ4n) is 1.74. The van der Waals surface area contributed by atoms with Gasteiger partial charge in [0.25, 0.3) is 0 Å². The molecule has 1 aromatic rings. The van der Waals surface area contributed by atoms with E-state index in [1.165, 1.54) is 0 Å². The molecule has 0 saturated heterocycles. The average Bonchev–Trinajstić information content (AvgIpc) is 2.45. The Labute approximate surface area is 135 Å². The molecule has 0 aliphatic carbocycles. The molecule has 0 fully saturated rings. The first kappa shape index (κ1) is 20.4. The zero-order valence-electron chi connectivity index (χ0n) is 14.0. The van der Waals surface area contributed by atoms with Crippen molar-refractivity contribution in [2.45, 2.75) is 47.5 Å². The zero-order chi connectivity index (χ0) is 17.3. The molecule has 1 rings (SSSR count). The van der Waals surface area contributed by atoms with E-state index in [9.17, 15) is 14.4 Å². The largest absolute Gasteiger partial charge is 0.300 e. The monoisotopic (exact) mass is 320 g/mol. The van der Waals surface area contributed by atoms with Crippen LogP contribution in [0.15, 0.2) is 24.3 Å². The van der Waals surface area contributed by atoms with Gasteiger partial charge in [0.15, 0.2) is 5.78 Å². The van der Waals surface area contributed by atoms with Crippen LogP contribution in [0.5, 0.6) is 0 Å². The van der Waals surface area contributed by atoms with E-state index in [-0.39, 0.29) is 23.3 Å². The van der Waals surface area contributed by atoms with Crippen molar-refractivity contribution in [1.82, 2.24) is 0 Å². The predicted octanol–water partition coefficient (Wildman–Crippen LogP) is 4.15. The highest BCUT2D eigenvalue weighted by atomic mass is 31.0. The fourth-order valence-corrected chi connectivity index (χ4v) is 1.96. The summed E-state index contributed by atoms with van der Waals surface area (Å²) in [5, 5.41) is 0.987. The average molecular weight is 320 g/mol. The molecule has 0 spiro atoms. The van der Waals surface area contributed by atoms with Crippen molar-refractivity contribution in [2.75, 3.05) is 0 Å². The van der Waals surface area contributed by atoms with Gasteiger partial charge in [-0.25, -0.2) is 0 Å². The van der Waals surface area contributed by atoms with Gasteiger partial charge in [-0.2, -0.15) is 0 Å². The van der Waals surface area contributed by atoms with Crippen LogP contribution in [-0.2, 0) is 9.59 Å². The van der Waals surface area contributed by atoms with Crippen LogP contribution >= 0.6 is 8.86 Å². The van der Waals surface area contributed by atoms with Crippen molar-refractivity contribution in [1.29, 1.82) is 0 Å². The lowest BCUT2D eigenvalue weighted by molar-refractivity contribution is -0.121. The second-order valence-electron chi connectivity index (χ2n) is 5.48. The molecule has 1 atom stereocenters. The minimum atomic E-state index is 0.0453. The molecule has 0 aliphatic heterocycles. The number of hydrogen-bond acceptors (Lipinski definition) is 3. The van der Waals surface area contributed by atoms with Crippen LogP contribution in [0.25, 0.3) is 0 Å². The molecule has 0 aliphatic rings. The van der Waals surface area contributed by atoms with Gasteiger partial charge in [-0.3, -0.25) is 9.59 Å². The maximum Gasteiger partial charge on any atom is 0.160 e. The second kappa shape index (κ2) is 10.2. The summed E-state index contributed by atoms with van der Waals surface area (Å²) >= 11 is 0. The van der Waals surface area contributed by atoms with Gasteiger partial charge in [0.05, 0.1) is 0 Å². The number of rotatable bonds is 6. The molecular weight excluding hydrogens is 295 g/mol. The highest BCUT2D eigenvalue weighted by Crippen LogP contribution is 2.11. The summed E-state index contributed by atoms with van der Waals surface area (Å²) in [6.45, 7) is 8.47. The molecule has 0 radical (unpaired) electrons. The second-order valence-corrected chi connectivity index (χ2v) is 6.23. The Morgan fingerprint density at radius 3 is 1.82 bits per heavy atom. The first-order chi connectivity index (χ1) is 10.2. The summed E-state index contributed by atoms with van der Waals surface area (Å²) in [5.74, 6) is 0.474. The quantitative estimate of drug-likeness (QED) is 0.584. The summed E-state index contributed by atoms with van der Waals surface area (Å²) in [7, 11) is 3.42. The molecule has 22 heavy (non-hydrogen) atoms. The van der Waals surface area contributed by atoms with Crippen LogP contribution in [0.4, 0.5) is 0 Å². The number of ketones is 3. The Hall–Kier alpha value is -1.60. The normalized spacial score (nSPS) is 11.0. The Balaban J connectivity index is 0.000000409. The SMILES string of the molecule is CC(=O)CCC(C)C(C)=O.CC(=O)c1ccccc1C(C)=P. The van der Waals surface area contributed by atoms with Crippen molar-refractivity contribution in [3.63, 3.8) is 0 Å². The Morgan fingerprint density at radius 1 is 1.00 bits per heavy atom. The molecule has 0 saturated carbocycles. The van der Waals surface area contributed by atoms with Gasteiger partial charge in [-0.05, 0) is 45.0 Å². The Bertz CT molecular complexity index is 528. The first-order valence-corrected chi connectivity index (χ1v) is 7.82. The van der Waals surface area contributed by atoms with Crippen LogP contribution in [0.2, 0.25) is 0 Å². The molecule has 0 heterocycles. The smallest absolute Gasteiger partial charge is 0.160 e. The minimum absolute atomic E-state index is 0.0453. The first-order valence-electron chi connectivity index (χ1n) is 7.32. The molecule has 0 aromatic heterocycles.